The fourth-order valence-corrected chi connectivity index (χ4v) is 2.02. The lowest BCUT2D eigenvalue weighted by molar-refractivity contribution is 0.383. The van der Waals surface area contributed by atoms with E-state index in [9.17, 15) is 0 Å². The monoisotopic (exact) mass is 179 g/mol. The molecular weight excluding hydrogens is 162 g/mol. The molecule has 1 fully saturated rings. The number of nitrogens with one attached hydrogen (secondary N) is 1. The number of aromatic amines is 1. The van der Waals surface area contributed by atoms with E-state index in [4.69, 9.17) is 5.73 Å². The zero-order chi connectivity index (χ0) is 9.69. The van der Waals surface area contributed by atoms with Gasteiger partial charge in [-0.05, 0) is 39.7 Å². The third-order valence-corrected chi connectivity index (χ3v) is 3.18. The minimum atomic E-state index is -0.158. The van der Waals surface area contributed by atoms with Crippen LogP contribution < -0.4 is 5.73 Å². The Labute approximate surface area is 78.7 Å². The summed E-state index contributed by atoms with van der Waals surface area (Å²) < 4.78 is 0. The van der Waals surface area contributed by atoms with E-state index in [1.807, 2.05) is 6.92 Å². The van der Waals surface area contributed by atoms with Gasteiger partial charge in [-0.1, -0.05) is 0 Å². The van der Waals surface area contributed by atoms with Gasteiger partial charge in [-0.3, -0.25) is 5.10 Å². The maximum absolute atomic E-state index is 6.16. The van der Waals surface area contributed by atoms with Crippen molar-refractivity contribution in [3.63, 3.8) is 0 Å². The lowest BCUT2D eigenvalue weighted by Gasteiger charge is -2.29. The SMILES string of the molecule is Cc1cc(C2(C(C)(C)N)CC2)n[nH]1. The van der Waals surface area contributed by atoms with E-state index in [-0.39, 0.29) is 11.0 Å². The van der Waals surface area contributed by atoms with E-state index >= 15 is 0 Å². The molecule has 1 aromatic heterocycles. The summed E-state index contributed by atoms with van der Waals surface area (Å²) in [6, 6.07) is 2.11. The highest BCUT2D eigenvalue weighted by atomic mass is 15.1. The third-order valence-electron chi connectivity index (χ3n) is 3.18. The Balaban J connectivity index is 2.36. The second kappa shape index (κ2) is 2.35. The van der Waals surface area contributed by atoms with Crippen LogP contribution in [-0.4, -0.2) is 15.7 Å². The molecule has 0 amide bonds. The quantitative estimate of drug-likeness (QED) is 0.722. The molecule has 0 spiro atoms. The fraction of sp³-hybridized carbons (Fsp3) is 0.700. The van der Waals surface area contributed by atoms with Gasteiger partial charge < -0.3 is 5.73 Å². The lowest BCUT2D eigenvalue weighted by atomic mass is 9.82. The average Bonchev–Trinajstić information content (AvgIpc) is 2.70. The molecule has 1 aromatic rings. The highest BCUT2D eigenvalue weighted by molar-refractivity contribution is 5.31. The van der Waals surface area contributed by atoms with E-state index in [1.165, 1.54) is 12.8 Å². The molecule has 0 saturated heterocycles. The molecular formula is C10H17N3. The zero-order valence-corrected chi connectivity index (χ0v) is 8.52. The molecule has 0 radical (unpaired) electrons. The van der Waals surface area contributed by atoms with Crippen molar-refractivity contribution in [2.24, 2.45) is 5.73 Å². The van der Waals surface area contributed by atoms with Crippen molar-refractivity contribution in [1.29, 1.82) is 0 Å². The molecule has 3 heteroatoms. The third kappa shape index (κ3) is 1.18. The van der Waals surface area contributed by atoms with Gasteiger partial charge in [-0.25, -0.2) is 0 Å². The molecule has 0 unspecified atom stereocenters. The van der Waals surface area contributed by atoms with Crippen molar-refractivity contribution in [3.8, 4) is 0 Å². The summed E-state index contributed by atoms with van der Waals surface area (Å²) in [7, 11) is 0. The van der Waals surface area contributed by atoms with E-state index in [2.05, 4.69) is 30.1 Å². The van der Waals surface area contributed by atoms with Gasteiger partial charge in [-0.15, -0.1) is 0 Å². The first-order chi connectivity index (χ1) is 5.96. The molecule has 2 rings (SSSR count). The van der Waals surface area contributed by atoms with Crippen LogP contribution in [0, 0.1) is 6.92 Å². The minimum Gasteiger partial charge on any atom is -0.325 e. The average molecular weight is 179 g/mol. The molecule has 72 valence electrons. The normalized spacial score (nSPS) is 20.3. The Morgan fingerprint density at radius 1 is 1.54 bits per heavy atom. The summed E-state index contributed by atoms with van der Waals surface area (Å²) in [5.74, 6) is 0. The summed E-state index contributed by atoms with van der Waals surface area (Å²) in [5.41, 5.74) is 8.39. The van der Waals surface area contributed by atoms with Crippen molar-refractivity contribution in [2.75, 3.05) is 0 Å². The number of rotatable bonds is 2. The first-order valence-corrected chi connectivity index (χ1v) is 4.77. The van der Waals surface area contributed by atoms with Gasteiger partial charge >= 0.3 is 0 Å². The Bertz CT molecular complexity index is 315. The first kappa shape index (κ1) is 8.75. The molecule has 1 aliphatic rings. The smallest absolute Gasteiger partial charge is 0.0704 e. The molecule has 0 aliphatic heterocycles. The Hall–Kier alpha value is -0.830. The molecule has 1 aliphatic carbocycles. The minimum absolute atomic E-state index is 0.137. The van der Waals surface area contributed by atoms with Crippen LogP contribution in [0.1, 0.15) is 38.1 Å². The zero-order valence-electron chi connectivity index (χ0n) is 8.52. The van der Waals surface area contributed by atoms with Crippen LogP contribution in [0.5, 0.6) is 0 Å². The van der Waals surface area contributed by atoms with Gasteiger partial charge in [0.2, 0.25) is 0 Å². The molecule has 0 aromatic carbocycles. The summed E-state index contributed by atoms with van der Waals surface area (Å²) in [5, 5.41) is 7.29. The fourth-order valence-electron chi connectivity index (χ4n) is 2.02. The van der Waals surface area contributed by atoms with Gasteiger partial charge in [-0.2, -0.15) is 5.10 Å². The van der Waals surface area contributed by atoms with Crippen molar-refractivity contribution in [2.45, 2.75) is 44.6 Å². The summed E-state index contributed by atoms with van der Waals surface area (Å²) in [6.07, 6.45) is 2.33. The van der Waals surface area contributed by atoms with E-state index in [1.54, 1.807) is 0 Å². The topological polar surface area (TPSA) is 54.7 Å². The molecule has 3 nitrogen and oxygen atoms in total. The van der Waals surface area contributed by atoms with Crippen LogP contribution in [-0.2, 0) is 5.41 Å². The van der Waals surface area contributed by atoms with Gasteiger partial charge in [0, 0.05) is 16.6 Å². The van der Waals surface area contributed by atoms with Crippen LogP contribution in [0.15, 0.2) is 6.07 Å². The van der Waals surface area contributed by atoms with E-state index in [0.29, 0.717) is 0 Å². The molecule has 1 heterocycles. The second-order valence-corrected chi connectivity index (χ2v) is 4.74. The number of nitrogens with two attached hydrogens (primary N) is 1. The Morgan fingerprint density at radius 2 is 2.15 bits per heavy atom. The van der Waals surface area contributed by atoms with Crippen molar-refractivity contribution < 1.29 is 0 Å². The number of aryl methyl sites for hydroxylation is 1. The number of aromatic nitrogens is 2. The number of hydrogen-bond acceptors (Lipinski definition) is 2. The Morgan fingerprint density at radius 3 is 2.46 bits per heavy atom. The molecule has 1 saturated carbocycles. The van der Waals surface area contributed by atoms with E-state index in [0.717, 1.165) is 11.4 Å². The van der Waals surface area contributed by atoms with Gasteiger partial charge in [0.15, 0.2) is 0 Å². The number of H-pyrrole nitrogens is 1. The molecule has 0 bridgehead atoms. The van der Waals surface area contributed by atoms with Gasteiger partial charge in [0.1, 0.15) is 0 Å². The maximum Gasteiger partial charge on any atom is 0.0704 e. The first-order valence-electron chi connectivity index (χ1n) is 4.77. The van der Waals surface area contributed by atoms with Gasteiger partial charge in [0.25, 0.3) is 0 Å². The van der Waals surface area contributed by atoms with Crippen LogP contribution in [0.3, 0.4) is 0 Å². The molecule has 3 N–H and O–H groups in total. The second-order valence-electron chi connectivity index (χ2n) is 4.74. The Kier molecular flexibility index (Phi) is 1.58. The largest absolute Gasteiger partial charge is 0.325 e. The summed E-state index contributed by atoms with van der Waals surface area (Å²) >= 11 is 0. The summed E-state index contributed by atoms with van der Waals surface area (Å²) in [4.78, 5) is 0. The molecule has 0 atom stereocenters. The van der Waals surface area contributed by atoms with Crippen LogP contribution >= 0.6 is 0 Å². The van der Waals surface area contributed by atoms with Crippen LogP contribution in [0.2, 0.25) is 0 Å². The lowest BCUT2D eigenvalue weighted by Crippen LogP contribution is -2.45. The van der Waals surface area contributed by atoms with Crippen LogP contribution in [0.25, 0.3) is 0 Å². The summed E-state index contributed by atoms with van der Waals surface area (Å²) in [6.45, 7) is 6.20. The van der Waals surface area contributed by atoms with Crippen LogP contribution in [0.4, 0.5) is 0 Å². The standard InChI is InChI=1S/C10H17N3/c1-7-6-8(13-12-7)10(4-5-10)9(2,3)11/h6H,4-5,11H2,1-3H3,(H,12,13). The molecule has 13 heavy (non-hydrogen) atoms. The predicted octanol–water partition coefficient (Wildman–Crippen LogP) is 1.49. The number of nitrogens with zero attached hydrogens (tertiary/aromatic N) is 1. The highest BCUT2D eigenvalue weighted by Crippen LogP contribution is 2.53. The van der Waals surface area contributed by atoms with Crippen molar-refractivity contribution >= 4 is 0 Å². The van der Waals surface area contributed by atoms with Crippen molar-refractivity contribution in [1.82, 2.24) is 10.2 Å². The van der Waals surface area contributed by atoms with Gasteiger partial charge in [0.05, 0.1) is 5.69 Å². The highest BCUT2D eigenvalue weighted by Gasteiger charge is 2.55. The maximum atomic E-state index is 6.16. The number of hydrogen-bond donors (Lipinski definition) is 2. The van der Waals surface area contributed by atoms with Crippen molar-refractivity contribution in [3.05, 3.63) is 17.5 Å². The predicted molar refractivity (Wildman–Crippen MR) is 52.5 cm³/mol. The van der Waals surface area contributed by atoms with E-state index < -0.39 is 0 Å².